The summed E-state index contributed by atoms with van der Waals surface area (Å²) >= 11 is 3.39. The van der Waals surface area contributed by atoms with Crippen LogP contribution in [0.1, 0.15) is 46.5 Å². The van der Waals surface area contributed by atoms with Crippen molar-refractivity contribution in [3.63, 3.8) is 0 Å². The zero-order valence-corrected chi connectivity index (χ0v) is 11.5. The summed E-state index contributed by atoms with van der Waals surface area (Å²) in [5.74, 6) is 1.59. The highest BCUT2D eigenvalue weighted by Gasteiger charge is 2.33. The monoisotopic (exact) mass is 275 g/mol. The summed E-state index contributed by atoms with van der Waals surface area (Å²) in [6, 6.07) is 0.397. The van der Waals surface area contributed by atoms with Crippen LogP contribution in [0.5, 0.6) is 0 Å². The third-order valence-electron chi connectivity index (χ3n) is 3.72. The van der Waals surface area contributed by atoms with E-state index in [0.717, 1.165) is 18.8 Å². The molecule has 1 fully saturated rings. The summed E-state index contributed by atoms with van der Waals surface area (Å²) in [7, 11) is 0. The molecule has 0 aromatic heterocycles. The Bertz CT molecular complexity index is 220. The van der Waals surface area contributed by atoms with Crippen LogP contribution in [0.3, 0.4) is 0 Å². The van der Waals surface area contributed by atoms with E-state index in [1.54, 1.807) is 0 Å². The second-order valence-corrected chi connectivity index (χ2v) is 5.70. The predicted molar refractivity (Wildman–Crippen MR) is 67.1 cm³/mol. The molecule has 0 aliphatic heterocycles. The van der Waals surface area contributed by atoms with Crippen molar-refractivity contribution in [3.05, 3.63) is 0 Å². The average molecular weight is 276 g/mol. The van der Waals surface area contributed by atoms with Crippen molar-refractivity contribution >= 4 is 21.8 Å². The van der Waals surface area contributed by atoms with Gasteiger partial charge in [-0.15, -0.1) is 0 Å². The van der Waals surface area contributed by atoms with Crippen LogP contribution in [-0.2, 0) is 4.79 Å². The van der Waals surface area contributed by atoms with Crippen LogP contribution >= 0.6 is 15.9 Å². The van der Waals surface area contributed by atoms with Gasteiger partial charge in [0.25, 0.3) is 0 Å². The minimum absolute atomic E-state index is 0.0228. The Morgan fingerprint density at radius 1 is 1.47 bits per heavy atom. The number of carbonyl (C=O) groups excluding carboxylic acids is 1. The summed E-state index contributed by atoms with van der Waals surface area (Å²) in [5.41, 5.74) is 0. The Hall–Kier alpha value is -0.0500. The first-order chi connectivity index (χ1) is 7.10. The van der Waals surface area contributed by atoms with Gasteiger partial charge in [-0.25, -0.2) is 0 Å². The lowest BCUT2D eigenvalue weighted by Crippen LogP contribution is -2.41. The van der Waals surface area contributed by atoms with Crippen LogP contribution in [-0.4, -0.2) is 16.8 Å². The lowest BCUT2D eigenvalue weighted by molar-refractivity contribution is -0.121. The molecule has 0 heterocycles. The Morgan fingerprint density at radius 3 is 2.60 bits per heavy atom. The van der Waals surface area contributed by atoms with Crippen molar-refractivity contribution < 1.29 is 4.79 Å². The second kappa shape index (κ2) is 5.88. The smallest absolute Gasteiger partial charge is 0.233 e. The van der Waals surface area contributed by atoms with Gasteiger partial charge < -0.3 is 5.32 Å². The van der Waals surface area contributed by atoms with E-state index < -0.39 is 0 Å². The molecule has 1 N–H and O–H groups in total. The molecule has 0 aromatic carbocycles. The molecule has 0 saturated heterocycles. The standard InChI is InChI=1S/C12H22BrNO/c1-4-9-6-7-11(8(9)3)14-12(15)10(13)5-2/h8-11H,4-7H2,1-3H3,(H,14,15). The van der Waals surface area contributed by atoms with Crippen LogP contribution in [0.2, 0.25) is 0 Å². The molecule has 2 nitrogen and oxygen atoms in total. The minimum Gasteiger partial charge on any atom is -0.352 e. The first-order valence-electron chi connectivity index (χ1n) is 6.04. The zero-order valence-electron chi connectivity index (χ0n) is 9.92. The van der Waals surface area contributed by atoms with Crippen molar-refractivity contribution in [1.82, 2.24) is 5.32 Å². The number of halogens is 1. The van der Waals surface area contributed by atoms with Crippen LogP contribution < -0.4 is 5.32 Å². The summed E-state index contributed by atoms with van der Waals surface area (Å²) in [4.78, 5) is 11.7. The molecular weight excluding hydrogens is 254 g/mol. The van der Waals surface area contributed by atoms with E-state index in [4.69, 9.17) is 0 Å². The molecular formula is C12H22BrNO. The van der Waals surface area contributed by atoms with Crippen LogP contribution in [0.25, 0.3) is 0 Å². The Kier molecular flexibility index (Phi) is 5.10. The Labute approximate surface area is 101 Å². The van der Waals surface area contributed by atoms with Gasteiger partial charge in [0.15, 0.2) is 0 Å². The maximum absolute atomic E-state index is 11.7. The van der Waals surface area contributed by atoms with Gasteiger partial charge in [-0.1, -0.05) is 43.1 Å². The fraction of sp³-hybridized carbons (Fsp3) is 0.917. The van der Waals surface area contributed by atoms with Crippen LogP contribution in [0.4, 0.5) is 0 Å². The van der Waals surface area contributed by atoms with Crippen molar-refractivity contribution in [2.45, 2.75) is 57.3 Å². The maximum atomic E-state index is 11.7. The van der Waals surface area contributed by atoms with Gasteiger partial charge in [-0.2, -0.15) is 0 Å². The molecule has 3 heteroatoms. The molecule has 1 aliphatic rings. The molecule has 88 valence electrons. The number of hydrogen-bond donors (Lipinski definition) is 1. The summed E-state index contributed by atoms with van der Waals surface area (Å²) in [5, 5.41) is 3.16. The van der Waals surface area contributed by atoms with E-state index in [1.807, 2.05) is 6.92 Å². The van der Waals surface area contributed by atoms with Crippen molar-refractivity contribution in [1.29, 1.82) is 0 Å². The topological polar surface area (TPSA) is 29.1 Å². The normalized spacial score (nSPS) is 32.7. The summed E-state index contributed by atoms with van der Waals surface area (Å²) < 4.78 is 0. The van der Waals surface area contributed by atoms with Gasteiger partial charge in [0, 0.05) is 6.04 Å². The molecule has 0 bridgehead atoms. The Balaban J connectivity index is 2.43. The third-order valence-corrected chi connectivity index (χ3v) is 4.78. The molecule has 1 saturated carbocycles. The fourth-order valence-electron chi connectivity index (χ4n) is 2.49. The van der Waals surface area contributed by atoms with Crippen molar-refractivity contribution in [3.8, 4) is 0 Å². The molecule has 1 aliphatic carbocycles. The molecule has 0 spiro atoms. The maximum Gasteiger partial charge on any atom is 0.233 e. The highest BCUT2D eigenvalue weighted by Crippen LogP contribution is 2.33. The number of alkyl halides is 1. The largest absolute Gasteiger partial charge is 0.352 e. The van der Waals surface area contributed by atoms with Crippen molar-refractivity contribution in [2.24, 2.45) is 11.8 Å². The van der Waals surface area contributed by atoms with E-state index in [0.29, 0.717) is 12.0 Å². The first kappa shape index (κ1) is 13.0. The number of hydrogen-bond acceptors (Lipinski definition) is 1. The van der Waals surface area contributed by atoms with Gasteiger partial charge in [0.05, 0.1) is 4.83 Å². The number of nitrogens with one attached hydrogen (secondary N) is 1. The highest BCUT2D eigenvalue weighted by molar-refractivity contribution is 9.10. The predicted octanol–water partition coefficient (Wildman–Crippen LogP) is 3.10. The SMILES string of the molecule is CCC(Br)C(=O)NC1CCC(CC)C1C. The molecule has 1 rings (SSSR count). The number of rotatable bonds is 4. The van der Waals surface area contributed by atoms with Gasteiger partial charge >= 0.3 is 0 Å². The van der Waals surface area contributed by atoms with Gasteiger partial charge in [0.1, 0.15) is 0 Å². The van der Waals surface area contributed by atoms with E-state index in [2.05, 4.69) is 35.1 Å². The number of amides is 1. The lowest BCUT2D eigenvalue weighted by Gasteiger charge is -2.22. The molecule has 4 atom stereocenters. The van der Waals surface area contributed by atoms with Gasteiger partial charge in [0.2, 0.25) is 5.91 Å². The highest BCUT2D eigenvalue weighted by atomic mass is 79.9. The van der Waals surface area contributed by atoms with E-state index >= 15 is 0 Å². The molecule has 4 unspecified atom stereocenters. The molecule has 1 amide bonds. The minimum atomic E-state index is -0.0228. The third kappa shape index (κ3) is 3.20. The quantitative estimate of drug-likeness (QED) is 0.785. The molecule has 0 aromatic rings. The van der Waals surface area contributed by atoms with Crippen LogP contribution in [0.15, 0.2) is 0 Å². The zero-order chi connectivity index (χ0) is 11.4. The van der Waals surface area contributed by atoms with Gasteiger partial charge in [-0.05, 0) is 31.1 Å². The first-order valence-corrected chi connectivity index (χ1v) is 6.96. The lowest BCUT2D eigenvalue weighted by atomic mass is 9.93. The Morgan fingerprint density at radius 2 is 2.13 bits per heavy atom. The fourth-order valence-corrected chi connectivity index (χ4v) is 2.62. The molecule has 0 radical (unpaired) electrons. The second-order valence-electron chi connectivity index (χ2n) is 4.60. The number of carbonyl (C=O) groups is 1. The van der Waals surface area contributed by atoms with Gasteiger partial charge in [-0.3, -0.25) is 4.79 Å². The average Bonchev–Trinajstić information content (AvgIpc) is 2.58. The van der Waals surface area contributed by atoms with E-state index in [9.17, 15) is 4.79 Å². The van der Waals surface area contributed by atoms with Crippen LogP contribution in [0, 0.1) is 11.8 Å². The molecule has 15 heavy (non-hydrogen) atoms. The van der Waals surface area contributed by atoms with E-state index in [-0.39, 0.29) is 10.7 Å². The summed E-state index contributed by atoms with van der Waals surface area (Å²) in [6.07, 6.45) is 4.50. The van der Waals surface area contributed by atoms with Crippen molar-refractivity contribution in [2.75, 3.05) is 0 Å². The summed E-state index contributed by atoms with van der Waals surface area (Å²) in [6.45, 7) is 6.53. The van der Waals surface area contributed by atoms with E-state index in [1.165, 1.54) is 12.8 Å².